The summed E-state index contributed by atoms with van der Waals surface area (Å²) in [7, 11) is 0. The van der Waals surface area contributed by atoms with Crippen molar-refractivity contribution in [2.24, 2.45) is 0 Å². The molecule has 1 unspecified atom stereocenters. The summed E-state index contributed by atoms with van der Waals surface area (Å²) in [4.78, 5) is 42.5. The smallest absolute Gasteiger partial charge is 0.276 e. The number of ether oxygens (including phenoxy) is 1. The zero-order valence-electron chi connectivity index (χ0n) is 14.0. The summed E-state index contributed by atoms with van der Waals surface area (Å²) in [5, 5.41) is 12.6. The summed E-state index contributed by atoms with van der Waals surface area (Å²) in [5.41, 5.74) is -1.48. The van der Waals surface area contributed by atoms with Crippen molar-refractivity contribution in [1.29, 1.82) is 0 Å². The quantitative estimate of drug-likeness (QED) is 0.771. The first-order chi connectivity index (χ1) is 13.0. The number of amides is 2. The van der Waals surface area contributed by atoms with E-state index in [1.54, 1.807) is 0 Å². The van der Waals surface area contributed by atoms with Crippen LogP contribution in [0, 0.1) is 5.82 Å². The maximum absolute atomic E-state index is 13.6. The SMILES string of the molecule is O=C(NCc1ncccc1F)c1cn2c(c(O)c1=O)C(=O)N1CCOC1C2. The molecule has 2 aliphatic heterocycles. The number of aromatic hydroxyl groups is 1. The molecule has 0 radical (unpaired) electrons. The number of halogens is 1. The second kappa shape index (κ2) is 6.47. The van der Waals surface area contributed by atoms with Gasteiger partial charge in [0.1, 0.15) is 11.4 Å². The lowest BCUT2D eigenvalue weighted by atomic mass is 10.1. The zero-order valence-corrected chi connectivity index (χ0v) is 14.0. The van der Waals surface area contributed by atoms with E-state index in [0.717, 1.165) is 0 Å². The van der Waals surface area contributed by atoms with Crippen LogP contribution in [0.15, 0.2) is 29.3 Å². The van der Waals surface area contributed by atoms with Gasteiger partial charge in [-0.3, -0.25) is 19.4 Å². The van der Waals surface area contributed by atoms with Crippen LogP contribution in [0.5, 0.6) is 5.75 Å². The molecule has 10 heteroatoms. The molecule has 2 aromatic heterocycles. The fourth-order valence-corrected chi connectivity index (χ4v) is 3.20. The van der Waals surface area contributed by atoms with Gasteiger partial charge in [-0.2, -0.15) is 0 Å². The zero-order chi connectivity index (χ0) is 19.1. The van der Waals surface area contributed by atoms with E-state index < -0.39 is 35.0 Å². The van der Waals surface area contributed by atoms with Crippen LogP contribution in [0.3, 0.4) is 0 Å². The monoisotopic (exact) mass is 374 g/mol. The van der Waals surface area contributed by atoms with Gasteiger partial charge in [-0.05, 0) is 12.1 Å². The van der Waals surface area contributed by atoms with Crippen molar-refractivity contribution in [3.8, 4) is 5.75 Å². The number of rotatable bonds is 3. The molecule has 1 saturated heterocycles. The summed E-state index contributed by atoms with van der Waals surface area (Å²) < 4.78 is 20.4. The molecule has 0 bridgehead atoms. The molecule has 27 heavy (non-hydrogen) atoms. The van der Waals surface area contributed by atoms with Crippen LogP contribution in [-0.4, -0.2) is 50.8 Å². The molecule has 0 aliphatic carbocycles. The summed E-state index contributed by atoms with van der Waals surface area (Å²) >= 11 is 0. The van der Waals surface area contributed by atoms with Crippen molar-refractivity contribution in [2.75, 3.05) is 13.2 Å². The number of nitrogens with zero attached hydrogens (tertiary/aromatic N) is 3. The molecule has 9 nitrogen and oxygen atoms in total. The van der Waals surface area contributed by atoms with E-state index in [4.69, 9.17) is 4.74 Å². The fraction of sp³-hybridized carbons (Fsp3) is 0.294. The number of carbonyl (C=O) groups is 2. The molecular formula is C17H15FN4O5. The van der Waals surface area contributed by atoms with Gasteiger partial charge in [0.05, 0.1) is 25.4 Å². The number of aromatic nitrogens is 2. The Balaban J connectivity index is 1.63. The summed E-state index contributed by atoms with van der Waals surface area (Å²) in [6.07, 6.45) is 2.08. The minimum absolute atomic E-state index is 0.0123. The highest BCUT2D eigenvalue weighted by Gasteiger charge is 2.39. The number of hydrogen-bond acceptors (Lipinski definition) is 6. The molecule has 0 spiro atoms. The first-order valence-electron chi connectivity index (χ1n) is 8.24. The van der Waals surface area contributed by atoms with E-state index in [1.165, 1.54) is 34.0 Å². The fourth-order valence-electron chi connectivity index (χ4n) is 3.20. The molecule has 2 aliphatic rings. The minimum Gasteiger partial charge on any atom is -0.503 e. The minimum atomic E-state index is -0.966. The molecule has 4 rings (SSSR count). The number of nitrogens with one attached hydrogen (secondary N) is 1. The third-order valence-corrected chi connectivity index (χ3v) is 4.56. The van der Waals surface area contributed by atoms with E-state index in [2.05, 4.69) is 10.3 Å². The highest BCUT2D eigenvalue weighted by atomic mass is 19.1. The van der Waals surface area contributed by atoms with Gasteiger partial charge < -0.3 is 24.6 Å². The van der Waals surface area contributed by atoms with E-state index in [1.807, 2.05) is 0 Å². The number of fused-ring (bicyclic) bond motifs is 2. The van der Waals surface area contributed by atoms with Gasteiger partial charge in [0.25, 0.3) is 11.8 Å². The predicted molar refractivity (Wildman–Crippen MR) is 88.5 cm³/mol. The topological polar surface area (TPSA) is 114 Å². The van der Waals surface area contributed by atoms with Gasteiger partial charge in [0.2, 0.25) is 5.43 Å². The summed E-state index contributed by atoms with van der Waals surface area (Å²) in [5.74, 6) is -2.72. The highest BCUT2D eigenvalue weighted by molar-refractivity contribution is 5.99. The van der Waals surface area contributed by atoms with Crippen molar-refractivity contribution in [3.05, 3.63) is 57.5 Å². The Morgan fingerprint density at radius 2 is 2.26 bits per heavy atom. The highest BCUT2D eigenvalue weighted by Crippen LogP contribution is 2.26. The molecule has 1 fully saturated rings. The Bertz CT molecular complexity index is 1010. The molecule has 2 amide bonds. The maximum atomic E-state index is 13.6. The van der Waals surface area contributed by atoms with Crippen LogP contribution < -0.4 is 10.7 Å². The number of hydrogen-bond donors (Lipinski definition) is 2. The van der Waals surface area contributed by atoms with Crippen molar-refractivity contribution in [1.82, 2.24) is 19.8 Å². The largest absolute Gasteiger partial charge is 0.503 e. The second-order valence-electron chi connectivity index (χ2n) is 6.16. The molecule has 2 N–H and O–H groups in total. The average Bonchev–Trinajstić information content (AvgIpc) is 3.12. The van der Waals surface area contributed by atoms with Crippen molar-refractivity contribution >= 4 is 11.8 Å². The maximum Gasteiger partial charge on any atom is 0.276 e. The van der Waals surface area contributed by atoms with Crippen molar-refractivity contribution in [3.63, 3.8) is 0 Å². The van der Waals surface area contributed by atoms with E-state index in [0.29, 0.717) is 13.2 Å². The van der Waals surface area contributed by atoms with Crippen LogP contribution in [-0.2, 0) is 17.8 Å². The number of pyridine rings is 2. The van der Waals surface area contributed by atoms with Crippen molar-refractivity contribution in [2.45, 2.75) is 19.3 Å². The van der Waals surface area contributed by atoms with E-state index in [9.17, 15) is 23.9 Å². The van der Waals surface area contributed by atoms with Gasteiger partial charge in [0, 0.05) is 18.9 Å². The first kappa shape index (κ1) is 17.2. The van der Waals surface area contributed by atoms with Crippen molar-refractivity contribution < 1.29 is 23.8 Å². The number of carbonyl (C=O) groups excluding carboxylic acids is 2. The second-order valence-corrected chi connectivity index (χ2v) is 6.16. The molecule has 0 saturated carbocycles. The van der Waals surface area contributed by atoms with Crippen LogP contribution in [0.4, 0.5) is 4.39 Å². The normalized spacial score (nSPS) is 18.2. The van der Waals surface area contributed by atoms with Crippen LogP contribution >= 0.6 is 0 Å². The Morgan fingerprint density at radius 3 is 3.04 bits per heavy atom. The van der Waals surface area contributed by atoms with Gasteiger partial charge in [-0.25, -0.2) is 4.39 Å². The molecule has 4 heterocycles. The van der Waals surface area contributed by atoms with Gasteiger partial charge in [-0.15, -0.1) is 0 Å². The Kier molecular flexibility index (Phi) is 4.11. The standard InChI is InChI=1S/C17H15FN4O5/c18-10-2-1-3-19-11(10)6-20-16(25)9-7-21-8-12-22(4-5-27-12)17(26)13(21)15(24)14(9)23/h1-3,7,12,24H,4-6,8H2,(H,20,25). The molecule has 0 aromatic carbocycles. The lowest BCUT2D eigenvalue weighted by Gasteiger charge is -2.31. The molecule has 1 atom stereocenters. The first-order valence-corrected chi connectivity index (χ1v) is 8.24. The summed E-state index contributed by atoms with van der Waals surface area (Å²) in [6.45, 7) is 0.684. The predicted octanol–water partition coefficient (Wildman–Crippen LogP) is -0.170. The van der Waals surface area contributed by atoms with Crippen LogP contribution in [0.2, 0.25) is 0 Å². The van der Waals surface area contributed by atoms with Gasteiger partial charge in [0.15, 0.2) is 17.7 Å². The third kappa shape index (κ3) is 2.83. The molecular weight excluding hydrogens is 359 g/mol. The molecule has 140 valence electrons. The van der Waals surface area contributed by atoms with Crippen LogP contribution in [0.25, 0.3) is 0 Å². The van der Waals surface area contributed by atoms with Crippen LogP contribution in [0.1, 0.15) is 26.5 Å². The lowest BCUT2D eigenvalue weighted by molar-refractivity contribution is 0.00845. The van der Waals surface area contributed by atoms with E-state index >= 15 is 0 Å². The van der Waals surface area contributed by atoms with Gasteiger partial charge >= 0.3 is 0 Å². The average molecular weight is 374 g/mol. The summed E-state index contributed by atoms with van der Waals surface area (Å²) in [6, 6.07) is 2.62. The molecule has 2 aromatic rings. The van der Waals surface area contributed by atoms with E-state index in [-0.39, 0.29) is 30.0 Å². The Morgan fingerprint density at radius 1 is 1.44 bits per heavy atom. The third-order valence-electron chi connectivity index (χ3n) is 4.56. The Hall–Kier alpha value is -3.27. The Labute approximate surface area is 152 Å². The van der Waals surface area contributed by atoms with Gasteiger partial charge in [-0.1, -0.05) is 0 Å². The lowest BCUT2D eigenvalue weighted by Crippen LogP contribution is -2.46.